The molecule has 9 heteroatoms. The van der Waals surface area contributed by atoms with E-state index in [0.717, 1.165) is 49.6 Å². The molecule has 4 rings (SSSR count). The molecule has 2 aromatic carbocycles. The lowest BCUT2D eigenvalue weighted by molar-refractivity contribution is -0.137. The maximum atomic E-state index is 13.0. The van der Waals surface area contributed by atoms with Crippen molar-refractivity contribution in [2.45, 2.75) is 44.6 Å². The smallest absolute Gasteiger partial charge is 0.324 e. The standard InChI is InChI=1S/C22H22F3N5O/c23-22(24,25)16-9-6-10-17(13-16)27-21(31)20(15-7-2-1-3-8-15)26-14-19-29-28-18-11-4-5-12-30(18)19/h1-3,6-10,13,20,26H,4-5,11-12,14H2,(H,27,31). The quantitative estimate of drug-likeness (QED) is 0.619. The zero-order chi connectivity index (χ0) is 21.8. The number of anilines is 1. The number of rotatable bonds is 6. The molecular weight excluding hydrogens is 407 g/mol. The number of aryl methyl sites for hydroxylation is 1. The van der Waals surface area contributed by atoms with E-state index in [1.165, 1.54) is 12.1 Å². The van der Waals surface area contributed by atoms with E-state index in [4.69, 9.17) is 0 Å². The number of nitrogens with one attached hydrogen (secondary N) is 2. The van der Waals surface area contributed by atoms with Crippen LogP contribution in [0.15, 0.2) is 54.6 Å². The highest BCUT2D eigenvalue weighted by Gasteiger charge is 2.31. The molecule has 0 spiro atoms. The zero-order valence-corrected chi connectivity index (χ0v) is 16.7. The zero-order valence-electron chi connectivity index (χ0n) is 16.7. The van der Waals surface area contributed by atoms with Gasteiger partial charge in [0.2, 0.25) is 5.91 Å². The van der Waals surface area contributed by atoms with Gasteiger partial charge in [-0.15, -0.1) is 10.2 Å². The Bertz CT molecular complexity index is 1050. The van der Waals surface area contributed by atoms with Crippen molar-refractivity contribution in [1.82, 2.24) is 20.1 Å². The molecule has 0 aliphatic carbocycles. The van der Waals surface area contributed by atoms with Gasteiger partial charge in [0.25, 0.3) is 0 Å². The van der Waals surface area contributed by atoms with Crippen LogP contribution in [-0.4, -0.2) is 20.7 Å². The predicted octanol–water partition coefficient (Wildman–Crippen LogP) is 4.10. The highest BCUT2D eigenvalue weighted by Crippen LogP contribution is 2.31. The van der Waals surface area contributed by atoms with Crippen LogP contribution in [0.5, 0.6) is 0 Å². The number of carbonyl (C=O) groups is 1. The number of hydrogen-bond acceptors (Lipinski definition) is 4. The Morgan fingerprint density at radius 3 is 2.65 bits per heavy atom. The van der Waals surface area contributed by atoms with Gasteiger partial charge in [-0.05, 0) is 36.6 Å². The summed E-state index contributed by atoms with van der Waals surface area (Å²) in [5.74, 6) is 1.22. The van der Waals surface area contributed by atoms with Gasteiger partial charge in [-0.25, -0.2) is 0 Å². The third kappa shape index (κ3) is 4.93. The van der Waals surface area contributed by atoms with Crippen LogP contribution in [0.2, 0.25) is 0 Å². The van der Waals surface area contributed by atoms with Crippen LogP contribution in [-0.2, 0) is 30.5 Å². The van der Waals surface area contributed by atoms with Gasteiger partial charge < -0.3 is 9.88 Å². The highest BCUT2D eigenvalue weighted by atomic mass is 19.4. The normalized spacial score (nSPS) is 14.7. The van der Waals surface area contributed by atoms with Crippen molar-refractivity contribution in [3.05, 3.63) is 77.4 Å². The fourth-order valence-corrected chi connectivity index (χ4v) is 3.69. The Balaban J connectivity index is 1.53. The van der Waals surface area contributed by atoms with Crippen molar-refractivity contribution in [2.24, 2.45) is 0 Å². The molecule has 0 radical (unpaired) electrons. The van der Waals surface area contributed by atoms with E-state index >= 15 is 0 Å². The Hall–Kier alpha value is -3.20. The number of alkyl halides is 3. The first-order chi connectivity index (χ1) is 14.9. The first-order valence-corrected chi connectivity index (χ1v) is 10.1. The second-order valence-corrected chi connectivity index (χ2v) is 7.43. The minimum atomic E-state index is -4.48. The van der Waals surface area contributed by atoms with Crippen molar-refractivity contribution in [3.63, 3.8) is 0 Å². The van der Waals surface area contributed by atoms with Gasteiger partial charge in [0, 0.05) is 18.7 Å². The van der Waals surface area contributed by atoms with Crippen LogP contribution in [0.1, 0.15) is 41.7 Å². The third-order valence-electron chi connectivity index (χ3n) is 5.25. The lowest BCUT2D eigenvalue weighted by Gasteiger charge is -2.20. The summed E-state index contributed by atoms with van der Waals surface area (Å²) in [6.45, 7) is 1.15. The summed E-state index contributed by atoms with van der Waals surface area (Å²) in [6.07, 6.45) is -1.47. The SMILES string of the molecule is O=C(Nc1cccc(C(F)(F)F)c1)C(NCc1nnc2n1CCCC2)c1ccccc1. The molecular formula is C22H22F3N5O. The summed E-state index contributed by atoms with van der Waals surface area (Å²) in [5.41, 5.74) is -0.0302. The molecule has 2 N–H and O–H groups in total. The highest BCUT2D eigenvalue weighted by molar-refractivity contribution is 5.95. The minimum absolute atomic E-state index is 0.0856. The van der Waals surface area contributed by atoms with Gasteiger partial charge in [-0.1, -0.05) is 36.4 Å². The fourth-order valence-electron chi connectivity index (χ4n) is 3.69. The van der Waals surface area contributed by atoms with Gasteiger partial charge in [0.1, 0.15) is 17.7 Å². The number of hydrogen-bond donors (Lipinski definition) is 2. The molecule has 1 amide bonds. The number of fused-ring (bicyclic) bond motifs is 1. The molecule has 162 valence electrons. The average Bonchev–Trinajstić information content (AvgIpc) is 3.17. The van der Waals surface area contributed by atoms with Crippen LogP contribution in [0, 0.1) is 0 Å². The summed E-state index contributed by atoms with van der Waals surface area (Å²) in [5, 5.41) is 14.3. The van der Waals surface area contributed by atoms with Crippen molar-refractivity contribution in [1.29, 1.82) is 0 Å². The van der Waals surface area contributed by atoms with Crippen molar-refractivity contribution in [2.75, 3.05) is 5.32 Å². The van der Waals surface area contributed by atoms with Crippen LogP contribution in [0.4, 0.5) is 18.9 Å². The molecule has 0 bridgehead atoms. The summed E-state index contributed by atoms with van der Waals surface area (Å²) in [4.78, 5) is 13.0. The van der Waals surface area contributed by atoms with Crippen molar-refractivity contribution < 1.29 is 18.0 Å². The maximum absolute atomic E-state index is 13.0. The summed E-state index contributed by atoms with van der Waals surface area (Å²) in [7, 11) is 0. The molecule has 0 saturated carbocycles. The molecule has 1 aliphatic heterocycles. The Morgan fingerprint density at radius 1 is 1.06 bits per heavy atom. The minimum Gasteiger partial charge on any atom is -0.324 e. The average molecular weight is 429 g/mol. The van der Waals surface area contributed by atoms with Gasteiger partial charge in [-0.3, -0.25) is 10.1 Å². The van der Waals surface area contributed by atoms with E-state index in [-0.39, 0.29) is 5.69 Å². The van der Waals surface area contributed by atoms with E-state index in [2.05, 4.69) is 25.4 Å². The molecule has 0 fully saturated rings. The van der Waals surface area contributed by atoms with Crippen molar-refractivity contribution in [3.8, 4) is 0 Å². The van der Waals surface area contributed by atoms with E-state index in [1.54, 1.807) is 24.3 Å². The second-order valence-electron chi connectivity index (χ2n) is 7.43. The van der Waals surface area contributed by atoms with Crippen molar-refractivity contribution >= 4 is 11.6 Å². The van der Waals surface area contributed by atoms with E-state index in [0.29, 0.717) is 12.1 Å². The molecule has 0 saturated heterocycles. The number of benzene rings is 2. The monoisotopic (exact) mass is 429 g/mol. The van der Waals surface area contributed by atoms with E-state index < -0.39 is 23.7 Å². The van der Waals surface area contributed by atoms with E-state index in [9.17, 15) is 18.0 Å². The first kappa shape index (κ1) is 21.0. The van der Waals surface area contributed by atoms with E-state index in [1.807, 2.05) is 6.07 Å². The largest absolute Gasteiger partial charge is 0.416 e. The van der Waals surface area contributed by atoms with Gasteiger partial charge >= 0.3 is 6.18 Å². The Kier molecular flexibility index (Phi) is 6.03. The van der Waals surface area contributed by atoms with Crippen LogP contribution in [0.3, 0.4) is 0 Å². The molecule has 1 aromatic heterocycles. The molecule has 2 heterocycles. The maximum Gasteiger partial charge on any atom is 0.416 e. The molecule has 3 aromatic rings. The van der Waals surface area contributed by atoms with Crippen LogP contribution >= 0.6 is 0 Å². The molecule has 1 atom stereocenters. The summed E-state index contributed by atoms with van der Waals surface area (Å²) < 4.78 is 41.1. The van der Waals surface area contributed by atoms with Gasteiger partial charge in [0.05, 0.1) is 12.1 Å². The number of aromatic nitrogens is 3. The van der Waals surface area contributed by atoms with Gasteiger partial charge in [-0.2, -0.15) is 13.2 Å². The number of amides is 1. The summed E-state index contributed by atoms with van der Waals surface area (Å²) >= 11 is 0. The number of carbonyl (C=O) groups excluding carboxylic acids is 1. The van der Waals surface area contributed by atoms with Gasteiger partial charge in [0.15, 0.2) is 0 Å². The molecule has 6 nitrogen and oxygen atoms in total. The number of halogens is 3. The second kappa shape index (κ2) is 8.89. The topological polar surface area (TPSA) is 71.8 Å². The fraction of sp³-hybridized carbons (Fsp3) is 0.318. The lowest BCUT2D eigenvalue weighted by atomic mass is 10.1. The predicted molar refractivity (Wildman–Crippen MR) is 109 cm³/mol. The third-order valence-corrected chi connectivity index (χ3v) is 5.25. The molecule has 31 heavy (non-hydrogen) atoms. The van der Waals surface area contributed by atoms with Crippen LogP contribution in [0.25, 0.3) is 0 Å². The summed E-state index contributed by atoms with van der Waals surface area (Å²) in [6, 6.07) is 12.9. The first-order valence-electron chi connectivity index (χ1n) is 10.1. The number of nitrogens with zero attached hydrogens (tertiary/aromatic N) is 3. The molecule has 1 unspecified atom stereocenters. The molecule has 1 aliphatic rings. The Morgan fingerprint density at radius 2 is 1.87 bits per heavy atom. The van der Waals surface area contributed by atoms with Crippen LogP contribution < -0.4 is 10.6 Å². The Labute approximate surface area is 177 Å². The lowest BCUT2D eigenvalue weighted by Crippen LogP contribution is -2.33.